The Morgan fingerprint density at radius 3 is 2.61 bits per heavy atom. The first-order valence-corrected chi connectivity index (χ1v) is 10.9. The van der Waals surface area contributed by atoms with Gasteiger partial charge in [-0.25, -0.2) is 0 Å². The molecule has 3 rings (SSSR count). The maximum Gasteiger partial charge on any atom is 0.416 e. The third-order valence-electron chi connectivity index (χ3n) is 4.79. The highest BCUT2D eigenvalue weighted by Crippen LogP contribution is 2.37. The van der Waals surface area contributed by atoms with Crippen LogP contribution in [0.5, 0.6) is 5.75 Å². The first-order valence-electron chi connectivity index (χ1n) is 9.50. The van der Waals surface area contributed by atoms with Gasteiger partial charge in [0.1, 0.15) is 5.75 Å². The summed E-state index contributed by atoms with van der Waals surface area (Å²) in [4.78, 5) is 24.6. The fourth-order valence-electron chi connectivity index (χ4n) is 3.18. The SMILES string of the molecule is COc1ccc([C@H]2CC(=O)NC(SCC(=O)Nc3cc(C(F)(F)F)ccc3Cl)=C2C#N)cc1. The number of thioether (sulfide) groups is 1. The summed E-state index contributed by atoms with van der Waals surface area (Å²) in [5.41, 5.74) is -0.114. The second-order valence-corrected chi connectivity index (χ2v) is 8.35. The number of methoxy groups -OCH3 is 1. The molecule has 2 aromatic carbocycles. The van der Waals surface area contributed by atoms with Crippen LogP contribution < -0.4 is 15.4 Å². The first-order chi connectivity index (χ1) is 15.6. The number of carbonyl (C=O) groups is 2. The van der Waals surface area contributed by atoms with E-state index in [1.165, 1.54) is 7.11 Å². The van der Waals surface area contributed by atoms with Crippen molar-refractivity contribution in [3.8, 4) is 11.8 Å². The van der Waals surface area contributed by atoms with Crippen LogP contribution in [0, 0.1) is 11.3 Å². The standard InChI is InChI=1S/C22H17ClF3N3O3S/c1-32-14-5-2-12(3-6-14)15-9-19(30)29-21(16(15)10-27)33-11-20(31)28-18-8-13(22(24,25)26)4-7-17(18)23/h2-8,15H,9,11H2,1H3,(H,28,31)(H,29,30)/t15-/m1/s1. The average Bonchev–Trinajstić information content (AvgIpc) is 2.78. The molecular formula is C22H17ClF3N3O3S. The highest BCUT2D eigenvalue weighted by atomic mass is 35.5. The molecule has 0 spiro atoms. The van der Waals surface area contributed by atoms with Crippen molar-refractivity contribution in [1.29, 1.82) is 5.26 Å². The molecule has 0 saturated carbocycles. The number of carbonyl (C=O) groups excluding carboxylic acids is 2. The van der Waals surface area contributed by atoms with Crippen LogP contribution in [0.1, 0.15) is 23.5 Å². The minimum absolute atomic E-state index is 0.0520. The van der Waals surface area contributed by atoms with E-state index in [1.807, 2.05) is 0 Å². The quantitative estimate of drug-likeness (QED) is 0.583. The Morgan fingerprint density at radius 2 is 2.00 bits per heavy atom. The number of halogens is 4. The molecule has 0 aromatic heterocycles. The van der Waals surface area contributed by atoms with Crippen LogP contribution in [0.15, 0.2) is 53.1 Å². The van der Waals surface area contributed by atoms with Crippen LogP contribution in [-0.2, 0) is 15.8 Å². The van der Waals surface area contributed by atoms with E-state index >= 15 is 0 Å². The van der Waals surface area contributed by atoms with Gasteiger partial charge in [0.15, 0.2) is 0 Å². The van der Waals surface area contributed by atoms with Crippen molar-refractivity contribution in [1.82, 2.24) is 5.32 Å². The van der Waals surface area contributed by atoms with Gasteiger partial charge in [-0.05, 0) is 35.9 Å². The maximum atomic E-state index is 12.9. The van der Waals surface area contributed by atoms with Crippen LogP contribution in [0.4, 0.5) is 18.9 Å². The molecule has 1 aliphatic rings. The number of alkyl halides is 3. The number of rotatable bonds is 6. The van der Waals surface area contributed by atoms with E-state index in [4.69, 9.17) is 16.3 Å². The van der Waals surface area contributed by atoms with Gasteiger partial charge in [0.25, 0.3) is 0 Å². The van der Waals surface area contributed by atoms with Gasteiger partial charge in [-0.3, -0.25) is 9.59 Å². The number of nitriles is 1. The zero-order valence-electron chi connectivity index (χ0n) is 17.1. The van der Waals surface area contributed by atoms with Gasteiger partial charge in [-0.2, -0.15) is 18.4 Å². The number of nitrogens with zero attached hydrogens (tertiary/aromatic N) is 1. The molecule has 0 unspecified atom stereocenters. The fraction of sp³-hybridized carbons (Fsp3) is 0.227. The van der Waals surface area contributed by atoms with Gasteiger partial charge in [0.05, 0.1) is 45.8 Å². The Labute approximate surface area is 196 Å². The lowest BCUT2D eigenvalue weighted by atomic mass is 9.87. The molecule has 2 amide bonds. The number of amides is 2. The van der Waals surface area contributed by atoms with Gasteiger partial charge < -0.3 is 15.4 Å². The third kappa shape index (κ3) is 6.00. The highest BCUT2D eigenvalue weighted by molar-refractivity contribution is 8.03. The van der Waals surface area contributed by atoms with Crippen molar-refractivity contribution >= 4 is 40.9 Å². The number of anilines is 1. The third-order valence-corrected chi connectivity index (χ3v) is 6.14. The van der Waals surface area contributed by atoms with E-state index in [0.29, 0.717) is 5.75 Å². The summed E-state index contributed by atoms with van der Waals surface area (Å²) in [6.45, 7) is 0. The number of allylic oxidation sites excluding steroid dienone is 1. The summed E-state index contributed by atoms with van der Waals surface area (Å²) in [6.07, 6.45) is -4.53. The van der Waals surface area contributed by atoms with Gasteiger partial charge in [0.2, 0.25) is 11.8 Å². The van der Waals surface area contributed by atoms with Crippen LogP contribution in [0.2, 0.25) is 5.02 Å². The monoisotopic (exact) mass is 495 g/mol. The summed E-state index contributed by atoms with van der Waals surface area (Å²) >= 11 is 6.81. The van der Waals surface area contributed by atoms with E-state index in [9.17, 15) is 28.0 Å². The number of hydrogen-bond acceptors (Lipinski definition) is 5. The van der Waals surface area contributed by atoms with E-state index in [2.05, 4.69) is 16.7 Å². The number of ether oxygens (including phenoxy) is 1. The molecular weight excluding hydrogens is 479 g/mol. The van der Waals surface area contributed by atoms with Crippen molar-refractivity contribution in [3.63, 3.8) is 0 Å². The first kappa shape index (κ1) is 24.5. The Kier molecular flexibility index (Phi) is 7.56. The molecule has 0 fully saturated rings. The van der Waals surface area contributed by atoms with Crippen LogP contribution >= 0.6 is 23.4 Å². The zero-order chi connectivity index (χ0) is 24.2. The Morgan fingerprint density at radius 1 is 1.30 bits per heavy atom. The van der Waals surface area contributed by atoms with Gasteiger partial charge in [0, 0.05) is 12.3 Å². The van der Waals surface area contributed by atoms with E-state index in [1.54, 1.807) is 24.3 Å². The molecule has 2 N–H and O–H groups in total. The Bertz CT molecular complexity index is 1140. The molecule has 0 aliphatic carbocycles. The number of nitrogens with one attached hydrogen (secondary N) is 2. The molecule has 0 bridgehead atoms. The predicted octanol–water partition coefficient (Wildman–Crippen LogP) is 5.08. The summed E-state index contributed by atoms with van der Waals surface area (Å²) in [5, 5.41) is 14.8. The van der Waals surface area contributed by atoms with E-state index in [0.717, 1.165) is 35.5 Å². The molecule has 0 radical (unpaired) electrons. The predicted molar refractivity (Wildman–Crippen MR) is 119 cm³/mol. The van der Waals surface area contributed by atoms with Crippen LogP contribution in [0.3, 0.4) is 0 Å². The normalized spacial score (nSPS) is 16.1. The van der Waals surface area contributed by atoms with Gasteiger partial charge >= 0.3 is 6.18 Å². The molecule has 6 nitrogen and oxygen atoms in total. The maximum absolute atomic E-state index is 12.9. The molecule has 11 heteroatoms. The lowest BCUT2D eigenvalue weighted by Gasteiger charge is -2.25. The summed E-state index contributed by atoms with van der Waals surface area (Å²) in [7, 11) is 1.52. The van der Waals surface area contributed by atoms with Crippen molar-refractivity contribution in [3.05, 3.63) is 69.2 Å². The summed E-state index contributed by atoms with van der Waals surface area (Å²) in [6, 6.07) is 11.6. The molecule has 1 aliphatic heterocycles. The minimum atomic E-state index is -4.59. The molecule has 1 atom stereocenters. The average molecular weight is 496 g/mol. The molecule has 2 aromatic rings. The lowest BCUT2D eigenvalue weighted by Crippen LogP contribution is -2.31. The molecule has 172 valence electrons. The number of benzene rings is 2. The van der Waals surface area contributed by atoms with Crippen molar-refractivity contribution in [2.45, 2.75) is 18.5 Å². The Balaban J connectivity index is 1.76. The fourth-order valence-corrected chi connectivity index (χ4v) is 4.22. The molecule has 1 heterocycles. The number of hydrogen-bond donors (Lipinski definition) is 2. The molecule has 33 heavy (non-hydrogen) atoms. The topological polar surface area (TPSA) is 91.2 Å². The Hall–Kier alpha value is -3.16. The van der Waals surface area contributed by atoms with Crippen molar-refractivity contribution in [2.75, 3.05) is 18.2 Å². The lowest BCUT2D eigenvalue weighted by molar-refractivity contribution is -0.137. The summed E-state index contributed by atoms with van der Waals surface area (Å²) < 4.78 is 43.9. The van der Waals surface area contributed by atoms with Crippen LogP contribution in [0.25, 0.3) is 0 Å². The zero-order valence-corrected chi connectivity index (χ0v) is 18.7. The van der Waals surface area contributed by atoms with Crippen molar-refractivity contribution < 1.29 is 27.5 Å². The largest absolute Gasteiger partial charge is 0.497 e. The van der Waals surface area contributed by atoms with E-state index in [-0.39, 0.29) is 39.4 Å². The highest BCUT2D eigenvalue weighted by Gasteiger charge is 2.32. The van der Waals surface area contributed by atoms with E-state index < -0.39 is 23.6 Å². The van der Waals surface area contributed by atoms with Crippen molar-refractivity contribution in [2.24, 2.45) is 0 Å². The second-order valence-electron chi connectivity index (χ2n) is 6.96. The van der Waals surface area contributed by atoms with Crippen LogP contribution in [-0.4, -0.2) is 24.7 Å². The smallest absolute Gasteiger partial charge is 0.416 e. The second kappa shape index (κ2) is 10.2. The minimum Gasteiger partial charge on any atom is -0.497 e. The molecule has 0 saturated heterocycles. The van der Waals surface area contributed by atoms with Gasteiger partial charge in [-0.15, -0.1) is 0 Å². The van der Waals surface area contributed by atoms with Gasteiger partial charge in [-0.1, -0.05) is 35.5 Å². The summed E-state index contributed by atoms with van der Waals surface area (Å²) in [5.74, 6) is -1.10.